The molecule has 6 heteroatoms. The molecular weight excluding hydrogens is 236 g/mol. The van der Waals surface area contributed by atoms with Gasteiger partial charge in [-0.15, -0.1) is 0 Å². The maximum atomic E-state index is 11.7. The SMILES string of the molecule is COC(CNC(=O)c1cccc(C)n1)CC(=O)O. The van der Waals surface area contributed by atoms with Gasteiger partial charge in [0.2, 0.25) is 0 Å². The highest BCUT2D eigenvalue weighted by molar-refractivity contribution is 5.92. The normalized spacial score (nSPS) is 11.9. The zero-order valence-corrected chi connectivity index (χ0v) is 10.3. The summed E-state index contributed by atoms with van der Waals surface area (Å²) in [5.41, 5.74) is 1.05. The maximum absolute atomic E-state index is 11.7. The first-order valence-corrected chi connectivity index (χ1v) is 5.49. The minimum absolute atomic E-state index is 0.136. The second-order valence-electron chi connectivity index (χ2n) is 3.83. The Morgan fingerprint density at radius 2 is 2.22 bits per heavy atom. The van der Waals surface area contributed by atoms with Crippen LogP contribution in [0.5, 0.6) is 0 Å². The van der Waals surface area contributed by atoms with Crippen molar-refractivity contribution in [3.8, 4) is 0 Å². The molecule has 1 heterocycles. The number of methoxy groups -OCH3 is 1. The zero-order valence-electron chi connectivity index (χ0n) is 10.3. The number of hydrogen-bond acceptors (Lipinski definition) is 4. The Hall–Kier alpha value is -1.95. The van der Waals surface area contributed by atoms with Gasteiger partial charge in [0.05, 0.1) is 12.5 Å². The number of carboxylic acid groups (broad SMARTS) is 1. The minimum atomic E-state index is -0.968. The number of aliphatic carboxylic acids is 1. The molecule has 0 radical (unpaired) electrons. The monoisotopic (exact) mass is 252 g/mol. The van der Waals surface area contributed by atoms with E-state index in [-0.39, 0.29) is 18.9 Å². The van der Waals surface area contributed by atoms with Gasteiger partial charge in [-0.05, 0) is 19.1 Å². The third kappa shape index (κ3) is 4.50. The molecule has 98 valence electrons. The van der Waals surface area contributed by atoms with Gasteiger partial charge in [0.25, 0.3) is 5.91 Å². The van der Waals surface area contributed by atoms with Gasteiger partial charge in [-0.2, -0.15) is 0 Å². The number of nitrogens with one attached hydrogen (secondary N) is 1. The minimum Gasteiger partial charge on any atom is -0.481 e. The van der Waals surface area contributed by atoms with Gasteiger partial charge in [0.1, 0.15) is 5.69 Å². The smallest absolute Gasteiger partial charge is 0.306 e. The first-order valence-electron chi connectivity index (χ1n) is 5.49. The highest BCUT2D eigenvalue weighted by atomic mass is 16.5. The molecule has 1 atom stereocenters. The molecule has 1 unspecified atom stereocenters. The molecule has 6 nitrogen and oxygen atoms in total. The Labute approximate surface area is 105 Å². The van der Waals surface area contributed by atoms with Crippen molar-refractivity contribution < 1.29 is 19.4 Å². The van der Waals surface area contributed by atoms with Crippen LogP contribution in [0.15, 0.2) is 18.2 Å². The third-order valence-electron chi connectivity index (χ3n) is 2.35. The summed E-state index contributed by atoms with van der Waals surface area (Å²) >= 11 is 0. The lowest BCUT2D eigenvalue weighted by atomic mass is 10.2. The third-order valence-corrected chi connectivity index (χ3v) is 2.35. The summed E-state index contributed by atoms with van der Waals surface area (Å²) in [7, 11) is 1.41. The lowest BCUT2D eigenvalue weighted by molar-refractivity contribution is -0.139. The van der Waals surface area contributed by atoms with Crippen LogP contribution in [0.25, 0.3) is 0 Å². The number of nitrogens with zero attached hydrogens (tertiary/aromatic N) is 1. The van der Waals surface area contributed by atoms with E-state index in [1.807, 2.05) is 0 Å². The molecule has 0 fully saturated rings. The first kappa shape index (κ1) is 14.1. The number of carboxylic acids is 1. The predicted octanol–water partition coefficient (Wildman–Crippen LogP) is 0.610. The molecule has 18 heavy (non-hydrogen) atoms. The summed E-state index contributed by atoms with van der Waals surface area (Å²) in [5, 5.41) is 11.2. The van der Waals surface area contributed by atoms with E-state index < -0.39 is 12.1 Å². The summed E-state index contributed by atoms with van der Waals surface area (Å²) < 4.78 is 4.96. The van der Waals surface area contributed by atoms with Crippen molar-refractivity contribution in [3.63, 3.8) is 0 Å². The van der Waals surface area contributed by atoms with Crippen LogP contribution in [0.3, 0.4) is 0 Å². The van der Waals surface area contributed by atoms with E-state index in [9.17, 15) is 9.59 Å². The number of aryl methyl sites for hydroxylation is 1. The van der Waals surface area contributed by atoms with E-state index in [2.05, 4.69) is 10.3 Å². The summed E-state index contributed by atoms with van der Waals surface area (Å²) in [6.45, 7) is 1.93. The van der Waals surface area contributed by atoms with Gasteiger partial charge in [-0.1, -0.05) is 6.07 Å². The fourth-order valence-electron chi connectivity index (χ4n) is 1.40. The number of carbonyl (C=O) groups excluding carboxylic acids is 1. The second kappa shape index (κ2) is 6.70. The van der Waals surface area contributed by atoms with Gasteiger partial charge in [-0.25, -0.2) is 4.98 Å². The molecule has 0 aromatic carbocycles. The van der Waals surface area contributed by atoms with Crippen molar-refractivity contribution >= 4 is 11.9 Å². The van der Waals surface area contributed by atoms with E-state index in [0.717, 1.165) is 5.69 Å². The van der Waals surface area contributed by atoms with E-state index in [1.165, 1.54) is 7.11 Å². The largest absolute Gasteiger partial charge is 0.481 e. The first-order chi connectivity index (χ1) is 8.52. The Morgan fingerprint density at radius 1 is 1.50 bits per heavy atom. The van der Waals surface area contributed by atoms with E-state index in [1.54, 1.807) is 25.1 Å². The van der Waals surface area contributed by atoms with Gasteiger partial charge in [0, 0.05) is 19.3 Å². The number of amides is 1. The Bertz CT molecular complexity index is 434. The molecule has 0 aliphatic carbocycles. The van der Waals surface area contributed by atoms with Gasteiger partial charge < -0.3 is 15.2 Å². The Kier molecular flexibility index (Phi) is 5.26. The quantitative estimate of drug-likeness (QED) is 0.774. The highest BCUT2D eigenvalue weighted by Gasteiger charge is 2.14. The standard InChI is InChI=1S/C12H16N2O4/c1-8-4-3-5-10(14-8)12(17)13-7-9(18-2)6-11(15)16/h3-5,9H,6-7H2,1-2H3,(H,13,17)(H,15,16). The van der Waals surface area contributed by atoms with Crippen molar-refractivity contribution in [2.24, 2.45) is 0 Å². The van der Waals surface area contributed by atoms with Crippen molar-refractivity contribution in [1.82, 2.24) is 10.3 Å². The van der Waals surface area contributed by atoms with Crippen LogP contribution in [0.2, 0.25) is 0 Å². The molecule has 0 saturated heterocycles. The van der Waals surface area contributed by atoms with Crippen LogP contribution in [0.1, 0.15) is 22.6 Å². The molecule has 1 rings (SSSR count). The van der Waals surface area contributed by atoms with Gasteiger partial charge in [0.15, 0.2) is 0 Å². The fourth-order valence-corrected chi connectivity index (χ4v) is 1.40. The molecule has 0 bridgehead atoms. The van der Waals surface area contributed by atoms with Crippen LogP contribution in [0, 0.1) is 6.92 Å². The number of hydrogen-bond donors (Lipinski definition) is 2. The Morgan fingerprint density at radius 3 is 2.78 bits per heavy atom. The molecule has 1 amide bonds. The maximum Gasteiger partial charge on any atom is 0.306 e. The average Bonchev–Trinajstić information content (AvgIpc) is 2.33. The number of carbonyl (C=O) groups is 2. The molecule has 0 aliphatic rings. The van der Waals surface area contributed by atoms with E-state index >= 15 is 0 Å². The van der Waals surface area contributed by atoms with Gasteiger partial charge >= 0.3 is 5.97 Å². The van der Waals surface area contributed by atoms with Crippen LogP contribution in [-0.4, -0.2) is 41.7 Å². The number of aromatic nitrogens is 1. The summed E-state index contributed by atoms with van der Waals surface area (Å²) in [5.74, 6) is -1.31. The molecule has 0 spiro atoms. The van der Waals surface area contributed by atoms with Crippen LogP contribution >= 0.6 is 0 Å². The van der Waals surface area contributed by atoms with E-state index in [0.29, 0.717) is 5.69 Å². The summed E-state index contributed by atoms with van der Waals surface area (Å²) in [4.78, 5) is 26.3. The van der Waals surface area contributed by atoms with Crippen molar-refractivity contribution in [3.05, 3.63) is 29.6 Å². The second-order valence-corrected chi connectivity index (χ2v) is 3.83. The molecular formula is C12H16N2O4. The lowest BCUT2D eigenvalue weighted by Gasteiger charge is -2.13. The molecule has 0 saturated carbocycles. The molecule has 1 aromatic rings. The summed E-state index contributed by atoms with van der Waals surface area (Å²) in [6.07, 6.45) is -0.700. The van der Waals surface area contributed by atoms with Crippen molar-refractivity contribution in [1.29, 1.82) is 0 Å². The van der Waals surface area contributed by atoms with Crippen molar-refractivity contribution in [2.45, 2.75) is 19.4 Å². The average molecular weight is 252 g/mol. The number of rotatable bonds is 6. The molecule has 0 aliphatic heterocycles. The van der Waals surface area contributed by atoms with Crippen molar-refractivity contribution in [2.75, 3.05) is 13.7 Å². The number of ether oxygens (including phenoxy) is 1. The topological polar surface area (TPSA) is 88.5 Å². The van der Waals surface area contributed by atoms with Gasteiger partial charge in [-0.3, -0.25) is 9.59 Å². The highest BCUT2D eigenvalue weighted by Crippen LogP contribution is 2.00. The van der Waals surface area contributed by atoms with Crippen LogP contribution in [0.4, 0.5) is 0 Å². The number of pyridine rings is 1. The fraction of sp³-hybridized carbons (Fsp3) is 0.417. The Balaban J connectivity index is 2.52. The van der Waals surface area contributed by atoms with Crippen LogP contribution in [-0.2, 0) is 9.53 Å². The lowest BCUT2D eigenvalue weighted by Crippen LogP contribution is -2.34. The predicted molar refractivity (Wildman–Crippen MR) is 64.4 cm³/mol. The van der Waals surface area contributed by atoms with E-state index in [4.69, 9.17) is 9.84 Å². The molecule has 2 N–H and O–H groups in total. The zero-order chi connectivity index (χ0) is 13.5. The van der Waals surface area contributed by atoms with Crippen LogP contribution < -0.4 is 5.32 Å². The summed E-state index contributed by atoms with van der Waals surface area (Å²) in [6, 6.07) is 5.13. The molecule has 1 aromatic heterocycles.